The Kier molecular flexibility index (Phi) is 3.91. The molecule has 0 amide bonds. The molecule has 0 aromatic heterocycles. The van der Waals surface area contributed by atoms with Crippen molar-refractivity contribution >= 4 is 17.3 Å². The van der Waals surface area contributed by atoms with Gasteiger partial charge in [0.15, 0.2) is 0 Å². The van der Waals surface area contributed by atoms with Gasteiger partial charge in [0.2, 0.25) is 0 Å². The molecule has 0 spiro atoms. The summed E-state index contributed by atoms with van der Waals surface area (Å²) in [6.45, 7) is 2.61. The van der Waals surface area contributed by atoms with Crippen LogP contribution in [-0.2, 0) is 4.74 Å². The van der Waals surface area contributed by atoms with Gasteiger partial charge < -0.3 is 14.8 Å². The van der Waals surface area contributed by atoms with Gasteiger partial charge in [-0.15, -0.1) is 0 Å². The molecule has 1 fully saturated rings. The van der Waals surface area contributed by atoms with Gasteiger partial charge in [0.25, 0.3) is 0 Å². The number of hydrogen-bond donors (Lipinski definition) is 1. The van der Waals surface area contributed by atoms with Crippen LogP contribution in [0.2, 0.25) is 5.02 Å². The zero-order valence-electron chi connectivity index (χ0n) is 9.33. The highest BCUT2D eigenvalue weighted by molar-refractivity contribution is 6.33. The fourth-order valence-corrected chi connectivity index (χ4v) is 1.95. The smallest absolute Gasteiger partial charge is 0.121 e. The molecule has 2 rings (SSSR count). The lowest BCUT2D eigenvalue weighted by atomic mass is 10.1. The van der Waals surface area contributed by atoms with Crippen LogP contribution < -0.4 is 10.1 Å². The Morgan fingerprint density at radius 2 is 2.44 bits per heavy atom. The maximum absolute atomic E-state index is 6.09. The van der Waals surface area contributed by atoms with Gasteiger partial charge in [-0.2, -0.15) is 0 Å². The molecule has 1 aliphatic heterocycles. The monoisotopic (exact) mass is 241 g/mol. The topological polar surface area (TPSA) is 30.5 Å². The van der Waals surface area contributed by atoms with Gasteiger partial charge in [-0.25, -0.2) is 0 Å². The number of anilines is 1. The first-order chi connectivity index (χ1) is 7.79. The molecule has 0 saturated carbocycles. The zero-order valence-corrected chi connectivity index (χ0v) is 10.1. The molecule has 88 valence electrons. The summed E-state index contributed by atoms with van der Waals surface area (Å²) in [5.74, 6) is 1.40. The summed E-state index contributed by atoms with van der Waals surface area (Å²) in [4.78, 5) is 0. The van der Waals surface area contributed by atoms with Crippen LogP contribution in [0.4, 0.5) is 5.69 Å². The Morgan fingerprint density at radius 3 is 3.12 bits per heavy atom. The molecule has 1 saturated heterocycles. The summed E-state index contributed by atoms with van der Waals surface area (Å²) < 4.78 is 10.5. The van der Waals surface area contributed by atoms with E-state index in [1.54, 1.807) is 7.11 Å². The van der Waals surface area contributed by atoms with Crippen molar-refractivity contribution < 1.29 is 9.47 Å². The van der Waals surface area contributed by atoms with Crippen LogP contribution in [0.5, 0.6) is 5.75 Å². The number of benzene rings is 1. The van der Waals surface area contributed by atoms with E-state index in [9.17, 15) is 0 Å². The van der Waals surface area contributed by atoms with E-state index in [0.29, 0.717) is 5.92 Å². The summed E-state index contributed by atoms with van der Waals surface area (Å²) in [5.41, 5.74) is 0.924. The summed E-state index contributed by atoms with van der Waals surface area (Å²) in [7, 11) is 1.65. The summed E-state index contributed by atoms with van der Waals surface area (Å²) in [5, 5.41) is 4.06. The second-order valence-corrected chi connectivity index (χ2v) is 4.36. The van der Waals surface area contributed by atoms with Crippen molar-refractivity contribution in [2.24, 2.45) is 5.92 Å². The lowest BCUT2D eigenvalue weighted by Gasteiger charge is -2.13. The van der Waals surface area contributed by atoms with Crippen molar-refractivity contribution in [3.8, 4) is 5.75 Å². The average Bonchev–Trinajstić information content (AvgIpc) is 2.81. The van der Waals surface area contributed by atoms with Crippen molar-refractivity contribution in [2.45, 2.75) is 6.42 Å². The zero-order chi connectivity index (χ0) is 11.4. The maximum atomic E-state index is 6.09. The van der Waals surface area contributed by atoms with Crippen LogP contribution in [0, 0.1) is 5.92 Å². The maximum Gasteiger partial charge on any atom is 0.121 e. The molecule has 4 heteroatoms. The molecular weight excluding hydrogens is 226 g/mol. The molecule has 0 radical (unpaired) electrons. The molecular formula is C12H16ClNO2. The number of ether oxygens (including phenoxy) is 2. The van der Waals surface area contributed by atoms with Gasteiger partial charge in [0.05, 0.1) is 24.4 Å². The van der Waals surface area contributed by atoms with E-state index in [-0.39, 0.29) is 0 Å². The predicted molar refractivity (Wildman–Crippen MR) is 65.4 cm³/mol. The van der Waals surface area contributed by atoms with Gasteiger partial charge >= 0.3 is 0 Å². The molecule has 16 heavy (non-hydrogen) atoms. The standard InChI is InChI=1S/C12H16ClNO2/c1-15-10-2-3-11(13)12(6-10)14-7-9-4-5-16-8-9/h2-3,6,9,14H,4-5,7-8H2,1H3. The van der Waals surface area contributed by atoms with E-state index in [0.717, 1.165) is 42.6 Å². The second kappa shape index (κ2) is 5.41. The van der Waals surface area contributed by atoms with Gasteiger partial charge in [-0.3, -0.25) is 0 Å². The lowest BCUT2D eigenvalue weighted by molar-refractivity contribution is 0.187. The Balaban J connectivity index is 1.96. The lowest BCUT2D eigenvalue weighted by Crippen LogP contribution is -2.14. The van der Waals surface area contributed by atoms with Crippen LogP contribution in [0.1, 0.15) is 6.42 Å². The molecule has 1 unspecified atom stereocenters. The molecule has 1 aliphatic rings. The minimum atomic E-state index is 0.585. The molecule has 0 bridgehead atoms. The van der Waals surface area contributed by atoms with Crippen LogP contribution in [0.25, 0.3) is 0 Å². The fourth-order valence-electron chi connectivity index (χ4n) is 1.77. The highest BCUT2D eigenvalue weighted by atomic mass is 35.5. The van der Waals surface area contributed by atoms with E-state index in [4.69, 9.17) is 21.1 Å². The summed E-state index contributed by atoms with van der Waals surface area (Å²) in [6, 6.07) is 5.61. The van der Waals surface area contributed by atoms with Crippen molar-refractivity contribution in [3.63, 3.8) is 0 Å². The number of hydrogen-bond acceptors (Lipinski definition) is 3. The van der Waals surface area contributed by atoms with E-state index in [1.165, 1.54) is 0 Å². The van der Waals surface area contributed by atoms with E-state index in [2.05, 4.69) is 5.32 Å². The van der Waals surface area contributed by atoms with Gasteiger partial charge in [0.1, 0.15) is 5.75 Å². The Hall–Kier alpha value is -0.930. The van der Waals surface area contributed by atoms with Gasteiger partial charge in [-0.05, 0) is 18.6 Å². The van der Waals surface area contributed by atoms with Crippen LogP contribution in [0.3, 0.4) is 0 Å². The van der Waals surface area contributed by atoms with Crippen molar-refractivity contribution in [2.75, 3.05) is 32.2 Å². The summed E-state index contributed by atoms with van der Waals surface area (Å²) >= 11 is 6.09. The SMILES string of the molecule is COc1ccc(Cl)c(NCC2CCOC2)c1. The van der Waals surface area contributed by atoms with Crippen LogP contribution in [-0.4, -0.2) is 26.9 Å². The van der Waals surface area contributed by atoms with E-state index in [1.807, 2.05) is 18.2 Å². The number of rotatable bonds is 4. The molecule has 1 aromatic rings. The molecule has 0 aliphatic carbocycles. The highest BCUT2D eigenvalue weighted by Gasteiger charge is 2.15. The quantitative estimate of drug-likeness (QED) is 0.879. The van der Waals surface area contributed by atoms with Crippen molar-refractivity contribution in [1.82, 2.24) is 0 Å². The highest BCUT2D eigenvalue weighted by Crippen LogP contribution is 2.27. The molecule has 1 heterocycles. The largest absolute Gasteiger partial charge is 0.497 e. The minimum Gasteiger partial charge on any atom is -0.497 e. The van der Waals surface area contributed by atoms with Crippen LogP contribution >= 0.6 is 11.6 Å². The summed E-state index contributed by atoms with van der Waals surface area (Å²) in [6.07, 6.45) is 1.12. The third kappa shape index (κ3) is 2.80. The van der Waals surface area contributed by atoms with Gasteiger partial charge in [-0.1, -0.05) is 11.6 Å². The predicted octanol–water partition coefficient (Wildman–Crippen LogP) is 2.80. The first-order valence-corrected chi connectivity index (χ1v) is 5.82. The van der Waals surface area contributed by atoms with Crippen LogP contribution in [0.15, 0.2) is 18.2 Å². The first kappa shape index (κ1) is 11.6. The number of nitrogens with one attached hydrogen (secondary N) is 1. The first-order valence-electron chi connectivity index (χ1n) is 5.45. The second-order valence-electron chi connectivity index (χ2n) is 3.96. The minimum absolute atomic E-state index is 0.585. The molecule has 3 nitrogen and oxygen atoms in total. The van der Waals surface area contributed by atoms with E-state index >= 15 is 0 Å². The number of halogens is 1. The van der Waals surface area contributed by atoms with Gasteiger partial charge in [0, 0.05) is 25.1 Å². The third-order valence-corrected chi connectivity index (χ3v) is 3.11. The normalized spacial score (nSPS) is 19.8. The molecule has 1 atom stereocenters. The molecule has 1 N–H and O–H groups in total. The Labute approximate surface area is 101 Å². The van der Waals surface area contributed by atoms with E-state index < -0.39 is 0 Å². The molecule has 1 aromatic carbocycles. The number of methoxy groups -OCH3 is 1. The average molecular weight is 242 g/mol. The Morgan fingerprint density at radius 1 is 1.56 bits per heavy atom. The third-order valence-electron chi connectivity index (χ3n) is 2.78. The fraction of sp³-hybridized carbons (Fsp3) is 0.500. The van der Waals surface area contributed by atoms with Crippen molar-refractivity contribution in [1.29, 1.82) is 0 Å². The van der Waals surface area contributed by atoms with Crippen molar-refractivity contribution in [3.05, 3.63) is 23.2 Å². The Bertz CT molecular complexity index is 351.